The van der Waals surface area contributed by atoms with Gasteiger partial charge in [-0.3, -0.25) is 0 Å². The highest BCUT2D eigenvalue weighted by Gasteiger charge is 2.23. The Kier molecular flexibility index (Phi) is 4.33. The van der Waals surface area contributed by atoms with E-state index >= 15 is 0 Å². The number of hydrogen-bond acceptors (Lipinski definition) is 1. The molecular weight excluding hydrogens is 232 g/mol. The van der Waals surface area contributed by atoms with Crippen molar-refractivity contribution in [2.75, 3.05) is 6.54 Å². The molecule has 1 fully saturated rings. The van der Waals surface area contributed by atoms with E-state index in [4.69, 9.17) is 0 Å². The summed E-state index contributed by atoms with van der Waals surface area (Å²) < 4.78 is 26.0. The van der Waals surface area contributed by atoms with Gasteiger partial charge in [0.1, 0.15) is 0 Å². The quantitative estimate of drug-likeness (QED) is 0.817. The van der Waals surface area contributed by atoms with Crippen molar-refractivity contribution in [3.8, 4) is 0 Å². The molecule has 1 nitrogen and oxygen atoms in total. The van der Waals surface area contributed by atoms with Crippen LogP contribution >= 0.6 is 0 Å². The van der Waals surface area contributed by atoms with Gasteiger partial charge in [-0.05, 0) is 55.3 Å². The maximum atomic E-state index is 13.2. The second kappa shape index (κ2) is 5.79. The van der Waals surface area contributed by atoms with E-state index in [-0.39, 0.29) is 0 Å². The summed E-state index contributed by atoms with van der Waals surface area (Å²) >= 11 is 0. The fraction of sp³-hybridized carbons (Fsp3) is 0.600. The van der Waals surface area contributed by atoms with E-state index in [0.29, 0.717) is 17.9 Å². The minimum atomic E-state index is -0.768. The van der Waals surface area contributed by atoms with Crippen molar-refractivity contribution in [1.29, 1.82) is 0 Å². The molecule has 1 aromatic rings. The first-order chi connectivity index (χ1) is 8.56. The summed E-state index contributed by atoms with van der Waals surface area (Å²) in [6.07, 6.45) is 3.35. The highest BCUT2D eigenvalue weighted by molar-refractivity contribution is 5.18. The minimum absolute atomic E-state index is 0.468. The smallest absolute Gasteiger partial charge is 0.159 e. The van der Waals surface area contributed by atoms with Crippen LogP contribution in [0.5, 0.6) is 0 Å². The molecule has 3 heteroatoms. The molecule has 0 heterocycles. The van der Waals surface area contributed by atoms with Crippen LogP contribution in [0.3, 0.4) is 0 Å². The summed E-state index contributed by atoms with van der Waals surface area (Å²) in [5.41, 5.74) is 0.880. The van der Waals surface area contributed by atoms with E-state index in [1.165, 1.54) is 25.0 Å². The topological polar surface area (TPSA) is 12.0 Å². The predicted molar refractivity (Wildman–Crippen MR) is 69.4 cm³/mol. The normalized spacial score (nSPS) is 17.2. The third-order valence-electron chi connectivity index (χ3n) is 3.67. The molecule has 1 atom stereocenters. The largest absolute Gasteiger partial charge is 0.314 e. The SMILES string of the molecule is CC(C)C(CNC1CC1)Cc1ccc(F)c(F)c1. The van der Waals surface area contributed by atoms with Gasteiger partial charge in [0.25, 0.3) is 0 Å². The van der Waals surface area contributed by atoms with E-state index in [2.05, 4.69) is 19.2 Å². The lowest BCUT2D eigenvalue weighted by atomic mass is 9.89. The molecule has 0 aromatic heterocycles. The zero-order valence-corrected chi connectivity index (χ0v) is 11.0. The third kappa shape index (κ3) is 3.77. The summed E-state index contributed by atoms with van der Waals surface area (Å²) in [6, 6.07) is 4.92. The Morgan fingerprint density at radius 2 is 1.94 bits per heavy atom. The minimum Gasteiger partial charge on any atom is -0.314 e. The molecule has 2 rings (SSSR count). The first-order valence-electron chi connectivity index (χ1n) is 6.73. The second-order valence-electron chi connectivity index (χ2n) is 5.64. The average molecular weight is 253 g/mol. The van der Waals surface area contributed by atoms with Crippen LogP contribution in [0, 0.1) is 23.5 Å². The zero-order valence-electron chi connectivity index (χ0n) is 11.0. The van der Waals surface area contributed by atoms with Crippen molar-refractivity contribution in [2.45, 2.75) is 39.2 Å². The maximum absolute atomic E-state index is 13.2. The van der Waals surface area contributed by atoms with Crippen LogP contribution in [-0.4, -0.2) is 12.6 Å². The van der Waals surface area contributed by atoms with Crippen LogP contribution in [0.1, 0.15) is 32.3 Å². The standard InChI is InChI=1S/C15H21F2N/c1-10(2)12(9-18-13-4-5-13)7-11-3-6-14(16)15(17)8-11/h3,6,8,10,12-13,18H,4-5,7,9H2,1-2H3. The van der Waals surface area contributed by atoms with Crippen molar-refractivity contribution < 1.29 is 8.78 Å². The fourth-order valence-corrected chi connectivity index (χ4v) is 2.12. The molecule has 0 radical (unpaired) electrons. The second-order valence-corrected chi connectivity index (χ2v) is 5.64. The lowest BCUT2D eigenvalue weighted by Gasteiger charge is -2.21. The highest BCUT2D eigenvalue weighted by atomic mass is 19.2. The van der Waals surface area contributed by atoms with Gasteiger partial charge in [-0.2, -0.15) is 0 Å². The molecule has 100 valence electrons. The summed E-state index contributed by atoms with van der Waals surface area (Å²) in [7, 11) is 0. The molecule has 0 bridgehead atoms. The van der Waals surface area contributed by atoms with E-state index < -0.39 is 11.6 Å². The zero-order chi connectivity index (χ0) is 13.1. The van der Waals surface area contributed by atoms with Crippen LogP contribution in [0.2, 0.25) is 0 Å². The first-order valence-corrected chi connectivity index (χ1v) is 6.73. The van der Waals surface area contributed by atoms with Gasteiger partial charge in [0.15, 0.2) is 11.6 Å². The number of rotatable bonds is 6. The van der Waals surface area contributed by atoms with E-state index in [1.807, 2.05) is 0 Å². The maximum Gasteiger partial charge on any atom is 0.159 e. The number of halogens is 2. The molecule has 1 aliphatic carbocycles. The van der Waals surface area contributed by atoms with Gasteiger partial charge in [0, 0.05) is 6.04 Å². The van der Waals surface area contributed by atoms with Crippen LogP contribution < -0.4 is 5.32 Å². The molecular formula is C15H21F2N. The van der Waals surface area contributed by atoms with Crippen molar-refractivity contribution in [1.82, 2.24) is 5.32 Å². The van der Waals surface area contributed by atoms with Crippen molar-refractivity contribution >= 4 is 0 Å². The van der Waals surface area contributed by atoms with Gasteiger partial charge in [-0.15, -0.1) is 0 Å². The Bertz CT molecular complexity index is 399. The molecule has 0 aliphatic heterocycles. The monoisotopic (exact) mass is 253 g/mol. The fourth-order valence-electron chi connectivity index (χ4n) is 2.12. The highest BCUT2D eigenvalue weighted by Crippen LogP contribution is 2.22. The van der Waals surface area contributed by atoms with Gasteiger partial charge in [0.2, 0.25) is 0 Å². The van der Waals surface area contributed by atoms with Crippen molar-refractivity contribution in [3.63, 3.8) is 0 Å². The van der Waals surface area contributed by atoms with Crippen LogP contribution in [0.25, 0.3) is 0 Å². The predicted octanol–water partition coefficient (Wildman–Crippen LogP) is 3.53. The molecule has 0 spiro atoms. The lowest BCUT2D eigenvalue weighted by Crippen LogP contribution is -2.29. The molecule has 18 heavy (non-hydrogen) atoms. The van der Waals surface area contributed by atoms with Gasteiger partial charge >= 0.3 is 0 Å². The molecule has 1 unspecified atom stereocenters. The van der Waals surface area contributed by atoms with E-state index in [9.17, 15) is 8.78 Å². The Hall–Kier alpha value is -0.960. The van der Waals surface area contributed by atoms with Gasteiger partial charge in [0.05, 0.1) is 0 Å². The molecule has 0 amide bonds. The summed E-state index contributed by atoms with van der Waals surface area (Å²) in [5, 5.41) is 3.52. The van der Waals surface area contributed by atoms with E-state index in [0.717, 1.165) is 18.5 Å². The molecule has 1 aromatic carbocycles. The summed E-state index contributed by atoms with van der Waals surface area (Å²) in [4.78, 5) is 0. The van der Waals surface area contributed by atoms with Gasteiger partial charge < -0.3 is 5.32 Å². The summed E-state index contributed by atoms with van der Waals surface area (Å²) in [6.45, 7) is 5.32. The molecule has 1 N–H and O–H groups in total. The summed E-state index contributed by atoms with van der Waals surface area (Å²) in [5.74, 6) is -0.513. The van der Waals surface area contributed by atoms with Crippen molar-refractivity contribution in [3.05, 3.63) is 35.4 Å². The van der Waals surface area contributed by atoms with Gasteiger partial charge in [-0.1, -0.05) is 19.9 Å². The van der Waals surface area contributed by atoms with Crippen LogP contribution in [0.4, 0.5) is 8.78 Å². The van der Waals surface area contributed by atoms with Gasteiger partial charge in [-0.25, -0.2) is 8.78 Å². The number of nitrogens with one attached hydrogen (secondary N) is 1. The van der Waals surface area contributed by atoms with Crippen molar-refractivity contribution in [2.24, 2.45) is 11.8 Å². The Labute approximate surface area is 108 Å². The number of benzene rings is 1. The average Bonchev–Trinajstić information content (AvgIpc) is 3.12. The Morgan fingerprint density at radius 3 is 2.50 bits per heavy atom. The first kappa shape index (κ1) is 13.5. The Morgan fingerprint density at radius 1 is 1.22 bits per heavy atom. The Balaban J connectivity index is 1.95. The third-order valence-corrected chi connectivity index (χ3v) is 3.67. The molecule has 1 saturated carbocycles. The van der Waals surface area contributed by atoms with Crippen LogP contribution in [0.15, 0.2) is 18.2 Å². The number of hydrogen-bond donors (Lipinski definition) is 1. The molecule has 0 saturated heterocycles. The lowest BCUT2D eigenvalue weighted by molar-refractivity contribution is 0.358. The molecule has 1 aliphatic rings. The van der Waals surface area contributed by atoms with Crippen LogP contribution in [-0.2, 0) is 6.42 Å². The van der Waals surface area contributed by atoms with E-state index in [1.54, 1.807) is 6.07 Å².